The minimum atomic E-state index is -0.705. The number of nitrogens with zero attached hydrogens (tertiary/aromatic N) is 4. The molecule has 1 aliphatic rings. The van der Waals surface area contributed by atoms with E-state index in [0.717, 1.165) is 19.4 Å². The third kappa shape index (κ3) is 2.47. The van der Waals surface area contributed by atoms with E-state index in [2.05, 4.69) is 10.1 Å². The molecule has 116 valence electrons. The molecule has 1 amide bonds. The Morgan fingerprint density at radius 1 is 1.55 bits per heavy atom. The van der Waals surface area contributed by atoms with Gasteiger partial charge in [0.25, 0.3) is 0 Å². The highest BCUT2D eigenvalue weighted by Gasteiger charge is 2.26. The van der Waals surface area contributed by atoms with Gasteiger partial charge in [-0.3, -0.25) is 19.3 Å². The molecule has 2 aromatic rings. The highest BCUT2D eigenvalue weighted by molar-refractivity contribution is 5.95. The van der Waals surface area contributed by atoms with Crippen LogP contribution in [0.2, 0.25) is 0 Å². The van der Waals surface area contributed by atoms with E-state index in [-0.39, 0.29) is 29.9 Å². The fourth-order valence-electron chi connectivity index (χ4n) is 2.94. The summed E-state index contributed by atoms with van der Waals surface area (Å²) in [7, 11) is 0. The van der Waals surface area contributed by atoms with Gasteiger partial charge in [0.1, 0.15) is 18.9 Å². The van der Waals surface area contributed by atoms with E-state index in [1.54, 1.807) is 0 Å². The van der Waals surface area contributed by atoms with Crippen molar-refractivity contribution in [3.8, 4) is 0 Å². The lowest BCUT2D eigenvalue weighted by atomic mass is 10.2. The molecule has 2 aromatic heterocycles. The first-order valence-corrected chi connectivity index (χ1v) is 7.30. The topological polar surface area (TPSA) is 68.1 Å². The van der Waals surface area contributed by atoms with Crippen LogP contribution in [0.3, 0.4) is 0 Å². The van der Waals surface area contributed by atoms with E-state index >= 15 is 0 Å². The van der Waals surface area contributed by atoms with Crippen LogP contribution < -0.4 is 0 Å². The molecule has 3 rings (SSSR count). The van der Waals surface area contributed by atoms with Crippen molar-refractivity contribution in [3.05, 3.63) is 23.7 Å². The van der Waals surface area contributed by atoms with Gasteiger partial charge in [0, 0.05) is 18.0 Å². The van der Waals surface area contributed by atoms with E-state index in [1.807, 2.05) is 11.8 Å². The second-order valence-electron chi connectivity index (χ2n) is 5.57. The van der Waals surface area contributed by atoms with E-state index in [4.69, 9.17) is 0 Å². The van der Waals surface area contributed by atoms with Gasteiger partial charge in [-0.2, -0.15) is 5.10 Å². The molecule has 0 aromatic carbocycles. The lowest BCUT2D eigenvalue weighted by molar-refractivity contribution is -0.132. The number of aldehydes is 1. The second-order valence-corrected chi connectivity index (χ2v) is 5.57. The predicted octanol–water partition coefficient (Wildman–Crippen LogP) is 1.72. The smallest absolute Gasteiger partial charge is 0.244 e. The van der Waals surface area contributed by atoms with Crippen molar-refractivity contribution < 1.29 is 14.0 Å². The van der Waals surface area contributed by atoms with Crippen molar-refractivity contribution in [1.82, 2.24) is 19.7 Å². The summed E-state index contributed by atoms with van der Waals surface area (Å²) in [5, 5.41) is 4.69. The highest BCUT2D eigenvalue weighted by Crippen LogP contribution is 2.20. The van der Waals surface area contributed by atoms with Crippen molar-refractivity contribution in [1.29, 1.82) is 0 Å². The van der Waals surface area contributed by atoms with Gasteiger partial charge in [-0.25, -0.2) is 4.39 Å². The lowest BCUT2D eigenvalue weighted by Gasteiger charge is -2.21. The van der Waals surface area contributed by atoms with Crippen LogP contribution in [0.15, 0.2) is 12.3 Å². The summed E-state index contributed by atoms with van der Waals surface area (Å²) in [5.74, 6) is -0.0265. The van der Waals surface area contributed by atoms with Crippen molar-refractivity contribution in [2.24, 2.45) is 0 Å². The number of hydrogen-bond acceptors (Lipinski definition) is 4. The molecule has 0 saturated carbocycles. The van der Waals surface area contributed by atoms with Crippen LogP contribution in [0.5, 0.6) is 0 Å². The number of carbonyl (C=O) groups excluding carboxylic acids is 2. The molecule has 1 aliphatic heterocycles. The molecule has 0 spiro atoms. The number of halogens is 1. The summed E-state index contributed by atoms with van der Waals surface area (Å²) in [6.45, 7) is 2.14. The highest BCUT2D eigenvalue weighted by atomic mass is 19.1. The fraction of sp³-hybridized carbons (Fsp3) is 0.467. The molecule has 0 aliphatic carbocycles. The first kappa shape index (κ1) is 14.6. The van der Waals surface area contributed by atoms with Crippen molar-refractivity contribution in [3.63, 3.8) is 0 Å². The minimum Gasteiger partial charge on any atom is -0.338 e. The Morgan fingerprint density at radius 3 is 3.00 bits per heavy atom. The van der Waals surface area contributed by atoms with Gasteiger partial charge in [0.05, 0.1) is 17.4 Å². The zero-order valence-electron chi connectivity index (χ0n) is 12.3. The molecular weight excluding hydrogens is 287 g/mol. The van der Waals surface area contributed by atoms with Gasteiger partial charge < -0.3 is 4.90 Å². The zero-order valence-corrected chi connectivity index (χ0v) is 12.3. The first-order chi connectivity index (χ1) is 10.6. The number of amides is 1. The summed E-state index contributed by atoms with van der Waals surface area (Å²) < 4.78 is 14.2. The third-order valence-electron chi connectivity index (χ3n) is 4.13. The number of hydrogen-bond donors (Lipinski definition) is 0. The maximum absolute atomic E-state index is 12.7. The standard InChI is InChI=1S/C15H17FN4O2/c1-10-3-2-4-19(10)15(22)8-20-14-7-17-11(6-16)5-12(14)13(9-21)18-20/h5,7,9-10H,2-4,6,8H2,1H3. The number of likely N-dealkylation sites (tertiary alicyclic amines) is 1. The second kappa shape index (κ2) is 5.82. The number of carbonyl (C=O) groups is 2. The van der Waals surface area contributed by atoms with Crippen LogP contribution in [0.25, 0.3) is 10.9 Å². The van der Waals surface area contributed by atoms with E-state index in [1.165, 1.54) is 16.9 Å². The van der Waals surface area contributed by atoms with Gasteiger partial charge >= 0.3 is 0 Å². The summed E-state index contributed by atoms with van der Waals surface area (Å²) in [5.41, 5.74) is 1.02. The van der Waals surface area contributed by atoms with Crippen LogP contribution >= 0.6 is 0 Å². The Hall–Kier alpha value is -2.31. The molecule has 1 fully saturated rings. The molecule has 0 N–H and O–H groups in total. The zero-order chi connectivity index (χ0) is 15.7. The molecule has 0 radical (unpaired) electrons. The Morgan fingerprint density at radius 2 is 2.36 bits per heavy atom. The van der Waals surface area contributed by atoms with Gasteiger partial charge in [-0.05, 0) is 25.8 Å². The van der Waals surface area contributed by atoms with Gasteiger partial charge in [0.15, 0.2) is 6.29 Å². The first-order valence-electron chi connectivity index (χ1n) is 7.30. The summed E-state index contributed by atoms with van der Waals surface area (Å²) >= 11 is 0. The van der Waals surface area contributed by atoms with Gasteiger partial charge in [-0.15, -0.1) is 0 Å². The number of aromatic nitrogens is 3. The van der Waals surface area contributed by atoms with Crippen LogP contribution in [-0.2, 0) is 18.0 Å². The molecule has 22 heavy (non-hydrogen) atoms. The summed E-state index contributed by atoms with van der Waals surface area (Å²) in [6, 6.07) is 1.74. The maximum atomic E-state index is 12.7. The molecule has 7 heteroatoms. The number of fused-ring (bicyclic) bond motifs is 1. The van der Waals surface area contributed by atoms with Crippen LogP contribution in [0.4, 0.5) is 4.39 Å². The SMILES string of the molecule is CC1CCCN1C(=O)Cn1nc(C=O)c2cc(CF)ncc21. The van der Waals surface area contributed by atoms with E-state index in [9.17, 15) is 14.0 Å². The quantitative estimate of drug-likeness (QED) is 0.807. The Kier molecular flexibility index (Phi) is 3.87. The molecule has 1 atom stereocenters. The molecule has 0 bridgehead atoms. The number of rotatable bonds is 4. The van der Waals surface area contributed by atoms with Crippen LogP contribution in [0.1, 0.15) is 35.9 Å². The average Bonchev–Trinajstić information content (AvgIpc) is 3.10. The molecule has 6 nitrogen and oxygen atoms in total. The third-order valence-corrected chi connectivity index (χ3v) is 4.13. The Balaban J connectivity index is 1.93. The van der Waals surface area contributed by atoms with Crippen LogP contribution in [-0.4, -0.2) is 44.4 Å². The monoisotopic (exact) mass is 304 g/mol. The normalized spacial score (nSPS) is 18.1. The van der Waals surface area contributed by atoms with E-state index in [0.29, 0.717) is 17.2 Å². The molecular formula is C15H17FN4O2. The van der Waals surface area contributed by atoms with Crippen molar-refractivity contribution in [2.75, 3.05) is 6.54 Å². The van der Waals surface area contributed by atoms with Crippen LogP contribution in [0, 0.1) is 0 Å². The van der Waals surface area contributed by atoms with E-state index < -0.39 is 6.67 Å². The number of alkyl halides is 1. The molecule has 1 unspecified atom stereocenters. The Bertz CT molecular complexity index is 728. The molecule has 3 heterocycles. The fourth-order valence-corrected chi connectivity index (χ4v) is 2.94. The van der Waals surface area contributed by atoms with Gasteiger partial charge in [-0.1, -0.05) is 0 Å². The van der Waals surface area contributed by atoms with Crippen molar-refractivity contribution >= 4 is 23.1 Å². The summed E-state index contributed by atoms with van der Waals surface area (Å²) in [4.78, 5) is 29.3. The average molecular weight is 304 g/mol. The number of pyridine rings is 1. The lowest BCUT2D eigenvalue weighted by Crippen LogP contribution is -2.36. The summed E-state index contributed by atoms with van der Waals surface area (Å²) in [6.07, 6.45) is 4.09. The predicted molar refractivity (Wildman–Crippen MR) is 78.1 cm³/mol. The largest absolute Gasteiger partial charge is 0.338 e. The Labute approximate surface area is 126 Å². The molecule has 1 saturated heterocycles. The maximum Gasteiger partial charge on any atom is 0.244 e. The minimum absolute atomic E-state index is 0.0265. The van der Waals surface area contributed by atoms with Gasteiger partial charge in [0.2, 0.25) is 5.91 Å². The van der Waals surface area contributed by atoms with Crippen molar-refractivity contribution in [2.45, 2.75) is 39.0 Å².